The number of nitrogens with one attached hydrogen (secondary N) is 1. The molecule has 102 valence electrons. The molecule has 0 spiro atoms. The van der Waals surface area contributed by atoms with Crippen LogP contribution in [0.4, 0.5) is 18.9 Å². The Morgan fingerprint density at radius 1 is 1.39 bits per heavy atom. The predicted molar refractivity (Wildman–Crippen MR) is 66.0 cm³/mol. The highest BCUT2D eigenvalue weighted by molar-refractivity contribution is 6.33. The van der Waals surface area contributed by atoms with Crippen LogP contribution in [0.5, 0.6) is 0 Å². The van der Waals surface area contributed by atoms with Crippen LogP contribution >= 0.6 is 11.6 Å². The second-order valence-electron chi connectivity index (χ2n) is 4.02. The molecule has 2 nitrogen and oxygen atoms in total. The minimum atomic E-state index is -4.37. The molecule has 0 saturated carbocycles. The summed E-state index contributed by atoms with van der Waals surface area (Å²) in [6, 6.07) is 3.35. The van der Waals surface area contributed by atoms with Gasteiger partial charge < -0.3 is 10.1 Å². The first-order valence-electron chi connectivity index (χ1n) is 5.47. The molecular formula is C12H15ClF3NO. The monoisotopic (exact) mass is 281 g/mol. The van der Waals surface area contributed by atoms with E-state index in [2.05, 4.69) is 5.32 Å². The first-order valence-corrected chi connectivity index (χ1v) is 5.84. The molecule has 0 amide bonds. The Hall–Kier alpha value is -0.940. The maximum Gasteiger partial charge on any atom is 0.416 e. The summed E-state index contributed by atoms with van der Waals surface area (Å²) in [5.74, 6) is 0. The Kier molecular flexibility index (Phi) is 5.28. The Bertz CT molecular complexity index is 395. The molecule has 1 rings (SSSR count). The zero-order valence-electron chi connectivity index (χ0n) is 10.1. The average molecular weight is 282 g/mol. The van der Waals surface area contributed by atoms with E-state index in [-0.39, 0.29) is 11.1 Å². The van der Waals surface area contributed by atoms with Gasteiger partial charge in [0.2, 0.25) is 0 Å². The minimum absolute atomic E-state index is 0.0640. The molecule has 0 bridgehead atoms. The minimum Gasteiger partial charge on any atom is -0.385 e. The van der Waals surface area contributed by atoms with Gasteiger partial charge in [0.25, 0.3) is 0 Å². The number of methoxy groups -OCH3 is 1. The lowest BCUT2D eigenvalue weighted by atomic mass is 10.1. The first kappa shape index (κ1) is 15.1. The van der Waals surface area contributed by atoms with Crippen LogP contribution in [-0.2, 0) is 10.9 Å². The van der Waals surface area contributed by atoms with Crippen molar-refractivity contribution in [3.8, 4) is 0 Å². The van der Waals surface area contributed by atoms with E-state index in [1.165, 1.54) is 6.07 Å². The van der Waals surface area contributed by atoms with Crippen LogP contribution in [0.1, 0.15) is 18.9 Å². The van der Waals surface area contributed by atoms with E-state index in [1.807, 2.05) is 6.92 Å². The van der Waals surface area contributed by atoms with Gasteiger partial charge in [-0.05, 0) is 31.5 Å². The summed E-state index contributed by atoms with van der Waals surface area (Å²) >= 11 is 5.82. The lowest BCUT2D eigenvalue weighted by molar-refractivity contribution is -0.137. The largest absolute Gasteiger partial charge is 0.416 e. The summed E-state index contributed by atoms with van der Waals surface area (Å²) < 4.78 is 42.2. The molecule has 0 aliphatic heterocycles. The van der Waals surface area contributed by atoms with E-state index < -0.39 is 11.7 Å². The molecular weight excluding hydrogens is 267 g/mol. The molecule has 1 N–H and O–H groups in total. The van der Waals surface area contributed by atoms with E-state index >= 15 is 0 Å². The second-order valence-corrected chi connectivity index (χ2v) is 4.43. The van der Waals surface area contributed by atoms with E-state index in [0.717, 1.165) is 18.6 Å². The van der Waals surface area contributed by atoms with Crippen molar-refractivity contribution in [2.24, 2.45) is 0 Å². The number of rotatable bonds is 5. The molecule has 1 aromatic rings. The van der Waals surface area contributed by atoms with E-state index in [4.69, 9.17) is 16.3 Å². The van der Waals surface area contributed by atoms with Crippen LogP contribution in [0, 0.1) is 0 Å². The van der Waals surface area contributed by atoms with Gasteiger partial charge in [-0.3, -0.25) is 0 Å². The van der Waals surface area contributed by atoms with Crippen molar-refractivity contribution in [2.75, 3.05) is 19.0 Å². The highest BCUT2D eigenvalue weighted by atomic mass is 35.5. The van der Waals surface area contributed by atoms with Crippen molar-refractivity contribution >= 4 is 17.3 Å². The molecule has 0 aliphatic carbocycles. The molecule has 0 saturated heterocycles. The molecule has 0 heterocycles. The van der Waals surface area contributed by atoms with Crippen molar-refractivity contribution in [3.63, 3.8) is 0 Å². The summed E-state index contributed by atoms with van der Waals surface area (Å²) in [4.78, 5) is 0. The topological polar surface area (TPSA) is 21.3 Å². The fourth-order valence-electron chi connectivity index (χ4n) is 1.44. The van der Waals surface area contributed by atoms with Gasteiger partial charge in [0, 0.05) is 19.8 Å². The van der Waals surface area contributed by atoms with Gasteiger partial charge in [0.1, 0.15) is 0 Å². The highest BCUT2D eigenvalue weighted by Crippen LogP contribution is 2.33. The quantitative estimate of drug-likeness (QED) is 0.873. The van der Waals surface area contributed by atoms with Crippen LogP contribution in [0.3, 0.4) is 0 Å². The third-order valence-corrected chi connectivity index (χ3v) is 2.77. The van der Waals surface area contributed by atoms with Gasteiger partial charge in [0.05, 0.1) is 16.3 Å². The summed E-state index contributed by atoms with van der Waals surface area (Å²) in [5, 5.41) is 3.11. The van der Waals surface area contributed by atoms with Crippen molar-refractivity contribution in [1.82, 2.24) is 0 Å². The van der Waals surface area contributed by atoms with E-state index in [9.17, 15) is 13.2 Å². The number of anilines is 1. The van der Waals surface area contributed by atoms with Gasteiger partial charge in [-0.25, -0.2) is 0 Å². The molecule has 0 radical (unpaired) electrons. The van der Waals surface area contributed by atoms with Gasteiger partial charge in [-0.1, -0.05) is 11.6 Å². The first-order chi connectivity index (χ1) is 8.34. The SMILES string of the molecule is COCCC(C)Nc1ccc(C(F)(F)F)cc1Cl. The van der Waals surface area contributed by atoms with Crippen LogP contribution in [0.25, 0.3) is 0 Å². The van der Waals surface area contributed by atoms with Crippen molar-refractivity contribution in [1.29, 1.82) is 0 Å². The van der Waals surface area contributed by atoms with Crippen molar-refractivity contribution < 1.29 is 17.9 Å². The highest BCUT2D eigenvalue weighted by Gasteiger charge is 2.30. The Morgan fingerprint density at radius 3 is 2.56 bits per heavy atom. The summed E-state index contributed by atoms with van der Waals surface area (Å²) in [6.45, 7) is 2.49. The maximum atomic E-state index is 12.4. The molecule has 0 fully saturated rings. The average Bonchev–Trinajstić information content (AvgIpc) is 2.27. The zero-order valence-corrected chi connectivity index (χ0v) is 10.9. The van der Waals surface area contributed by atoms with Crippen LogP contribution in [-0.4, -0.2) is 19.8 Å². The molecule has 0 aliphatic rings. The van der Waals surface area contributed by atoms with Crippen LogP contribution in [0.2, 0.25) is 5.02 Å². The Labute approximate surface area is 109 Å². The molecule has 1 aromatic carbocycles. The number of benzene rings is 1. The fraction of sp³-hybridized carbons (Fsp3) is 0.500. The third kappa shape index (κ3) is 4.38. The maximum absolute atomic E-state index is 12.4. The van der Waals surface area contributed by atoms with Crippen LogP contribution in [0.15, 0.2) is 18.2 Å². The summed E-state index contributed by atoms with van der Waals surface area (Å²) in [6.07, 6.45) is -3.63. The molecule has 1 atom stereocenters. The molecule has 18 heavy (non-hydrogen) atoms. The van der Waals surface area contributed by atoms with Gasteiger partial charge >= 0.3 is 6.18 Å². The summed E-state index contributed by atoms with van der Waals surface area (Å²) in [5.41, 5.74) is -0.254. The zero-order chi connectivity index (χ0) is 13.8. The normalized spacial score (nSPS) is 13.4. The number of halogens is 4. The predicted octanol–water partition coefficient (Wildman–Crippen LogP) is 4.20. The van der Waals surface area contributed by atoms with Crippen molar-refractivity contribution in [3.05, 3.63) is 28.8 Å². The van der Waals surface area contributed by atoms with Gasteiger partial charge in [-0.15, -0.1) is 0 Å². The smallest absolute Gasteiger partial charge is 0.385 e. The Morgan fingerprint density at radius 2 is 2.06 bits per heavy atom. The fourth-order valence-corrected chi connectivity index (χ4v) is 1.68. The standard InChI is InChI=1S/C12H15ClF3NO/c1-8(5-6-18-2)17-11-4-3-9(7-10(11)13)12(14,15)16/h3-4,7-8,17H,5-6H2,1-2H3. The number of alkyl halides is 3. The lowest BCUT2D eigenvalue weighted by Crippen LogP contribution is -2.17. The van der Waals surface area contributed by atoms with Gasteiger partial charge in [0.15, 0.2) is 0 Å². The lowest BCUT2D eigenvalue weighted by Gasteiger charge is -2.17. The number of ether oxygens (including phenoxy) is 1. The summed E-state index contributed by atoms with van der Waals surface area (Å²) in [7, 11) is 1.60. The Balaban J connectivity index is 2.74. The third-order valence-electron chi connectivity index (χ3n) is 2.45. The second kappa shape index (κ2) is 6.29. The van der Waals surface area contributed by atoms with Crippen molar-refractivity contribution in [2.45, 2.75) is 25.6 Å². The number of hydrogen-bond acceptors (Lipinski definition) is 2. The van der Waals surface area contributed by atoms with Gasteiger partial charge in [-0.2, -0.15) is 13.2 Å². The molecule has 6 heteroatoms. The van der Waals surface area contributed by atoms with E-state index in [1.54, 1.807) is 7.11 Å². The molecule has 0 aromatic heterocycles. The molecule has 1 unspecified atom stereocenters. The number of hydrogen-bond donors (Lipinski definition) is 1. The van der Waals surface area contributed by atoms with Crippen LogP contribution < -0.4 is 5.32 Å². The van der Waals surface area contributed by atoms with E-state index in [0.29, 0.717) is 12.3 Å².